The van der Waals surface area contributed by atoms with Gasteiger partial charge in [0.05, 0.1) is 43.0 Å². The summed E-state index contributed by atoms with van der Waals surface area (Å²) in [5.41, 5.74) is -2.40. The van der Waals surface area contributed by atoms with Gasteiger partial charge in [0.25, 0.3) is 0 Å². The SMILES string of the molecule is C[C@H]1O[C@@H](O[C@H]2CC[C@@]3(C)[C@@H](CC[C@]4(C)[C@@H]3C=C[C@]35OC[C@@]6(CCC(C)(C)C[C@H]63)C(=O)C[C@]54C)[C@]2(C)CO)[C@H](O)[C@@H](O[C@@H]2O[C@H](CO)[C@@H](O)[C@H](O)[C@H]2O)[C@H]1O. The van der Waals surface area contributed by atoms with Crippen molar-refractivity contribution >= 4 is 5.78 Å². The van der Waals surface area contributed by atoms with Crippen molar-refractivity contribution in [2.75, 3.05) is 19.8 Å². The molecule has 4 saturated carbocycles. The second kappa shape index (κ2) is 13.2. The van der Waals surface area contributed by atoms with E-state index in [1.165, 1.54) is 0 Å². The van der Waals surface area contributed by atoms with Crippen molar-refractivity contribution in [1.29, 1.82) is 0 Å². The zero-order chi connectivity index (χ0) is 39.9. The number of hydrogen-bond donors (Lipinski definition) is 7. The van der Waals surface area contributed by atoms with Crippen molar-refractivity contribution < 1.29 is 64.2 Å². The largest absolute Gasteiger partial charge is 0.396 e. The molecule has 0 aromatic heterocycles. The first-order chi connectivity index (χ1) is 25.7. The van der Waals surface area contributed by atoms with Crippen molar-refractivity contribution in [3.63, 3.8) is 0 Å². The molecule has 312 valence electrons. The maximum absolute atomic E-state index is 14.5. The van der Waals surface area contributed by atoms with Gasteiger partial charge in [-0.2, -0.15) is 0 Å². The van der Waals surface area contributed by atoms with Gasteiger partial charge in [-0.05, 0) is 80.0 Å². The molecule has 20 atom stereocenters. The molecule has 3 saturated heterocycles. The van der Waals surface area contributed by atoms with E-state index in [0.717, 1.165) is 38.5 Å². The molecule has 7 fully saturated rings. The van der Waals surface area contributed by atoms with Crippen molar-refractivity contribution in [3.8, 4) is 0 Å². The van der Waals surface area contributed by atoms with Crippen LogP contribution in [0.2, 0.25) is 0 Å². The number of allylic oxidation sites excluding steroid dienone is 1. The van der Waals surface area contributed by atoms with E-state index in [1.807, 2.05) is 0 Å². The van der Waals surface area contributed by atoms with Crippen LogP contribution < -0.4 is 0 Å². The molecule has 13 heteroatoms. The fourth-order valence-electron chi connectivity index (χ4n) is 14.0. The smallest absolute Gasteiger partial charge is 0.187 e. The molecule has 13 nitrogen and oxygen atoms in total. The predicted octanol–water partition coefficient (Wildman–Crippen LogP) is 1.99. The van der Waals surface area contributed by atoms with Gasteiger partial charge in [-0.1, -0.05) is 53.7 Å². The third-order valence-electron chi connectivity index (χ3n) is 17.7. The summed E-state index contributed by atoms with van der Waals surface area (Å²) < 4.78 is 31.1. The van der Waals surface area contributed by atoms with Crippen molar-refractivity contribution in [2.45, 2.75) is 173 Å². The molecule has 0 amide bonds. The van der Waals surface area contributed by atoms with Crippen LogP contribution >= 0.6 is 0 Å². The molecule has 0 aromatic rings. The second-order valence-electron chi connectivity index (χ2n) is 20.8. The van der Waals surface area contributed by atoms with E-state index in [4.69, 9.17) is 23.7 Å². The number of ketones is 1. The van der Waals surface area contributed by atoms with Crippen molar-refractivity contribution in [2.24, 2.45) is 50.2 Å². The van der Waals surface area contributed by atoms with Crippen LogP contribution in [-0.2, 0) is 28.5 Å². The van der Waals surface area contributed by atoms with Crippen LogP contribution in [0.1, 0.15) is 99.8 Å². The van der Waals surface area contributed by atoms with Crippen LogP contribution in [0.4, 0.5) is 0 Å². The van der Waals surface area contributed by atoms with Crippen LogP contribution in [-0.4, -0.2) is 134 Å². The Morgan fingerprint density at radius 1 is 0.800 bits per heavy atom. The Balaban J connectivity index is 1.05. The van der Waals surface area contributed by atoms with Gasteiger partial charge in [0.15, 0.2) is 12.6 Å². The van der Waals surface area contributed by atoms with E-state index in [-0.39, 0.29) is 40.6 Å². The summed E-state index contributed by atoms with van der Waals surface area (Å²) in [6.07, 6.45) is -3.63. The highest BCUT2D eigenvalue weighted by Gasteiger charge is 2.79. The highest BCUT2D eigenvalue weighted by atomic mass is 16.7. The molecule has 8 rings (SSSR count). The molecule has 5 aliphatic carbocycles. The molecular formula is C42H66O13. The monoisotopic (exact) mass is 778 g/mol. The Morgan fingerprint density at radius 2 is 1.51 bits per heavy atom. The molecule has 1 spiro atoms. The lowest BCUT2D eigenvalue weighted by atomic mass is 9.32. The van der Waals surface area contributed by atoms with E-state index in [0.29, 0.717) is 25.2 Å². The first-order valence-electron chi connectivity index (χ1n) is 20.8. The standard InChI is InChI=1S/C42H66O13/c1-21-28(46)33(55-34-31(49)30(48)29(47)22(18-43)53-34)32(50)35(52-21)54-27-10-11-37(4)23(38(27,5)19-44)8-12-39(6)24(37)9-13-42-25-16-36(2,3)14-15-41(25,20-51-42)26(45)17-40(39,42)7/h9,13,21-25,27-35,43-44,46-50H,8,10-12,14-20H2,1-7H3/t21-,22-,23-,24-,25-,27+,28+,29-,30+,31-,32-,33+,34+,35+,37+,38+,39-,40+,41-,42+/m1/s1. The Kier molecular flexibility index (Phi) is 9.78. The molecular weight excluding hydrogens is 712 g/mol. The van der Waals surface area contributed by atoms with Crippen molar-refractivity contribution in [1.82, 2.24) is 0 Å². The fourth-order valence-corrected chi connectivity index (χ4v) is 14.0. The Hall–Kier alpha value is -1.07. The molecule has 2 bridgehead atoms. The number of aliphatic hydroxyl groups is 7. The zero-order valence-corrected chi connectivity index (χ0v) is 33.6. The van der Waals surface area contributed by atoms with Gasteiger partial charge in [0, 0.05) is 23.2 Å². The van der Waals surface area contributed by atoms with Gasteiger partial charge in [0.2, 0.25) is 0 Å². The number of hydrogen-bond acceptors (Lipinski definition) is 13. The summed E-state index contributed by atoms with van der Waals surface area (Å²) in [6, 6.07) is 0. The molecule has 55 heavy (non-hydrogen) atoms. The van der Waals surface area contributed by atoms with E-state index in [2.05, 4.69) is 53.7 Å². The number of aliphatic hydroxyl groups excluding tert-OH is 7. The first kappa shape index (κ1) is 40.7. The van der Waals surface area contributed by atoms with Gasteiger partial charge in [0.1, 0.15) is 48.5 Å². The van der Waals surface area contributed by atoms with Gasteiger partial charge >= 0.3 is 0 Å². The van der Waals surface area contributed by atoms with Gasteiger partial charge in [-0.25, -0.2) is 0 Å². The van der Waals surface area contributed by atoms with Crippen molar-refractivity contribution in [3.05, 3.63) is 12.2 Å². The van der Waals surface area contributed by atoms with Crippen LogP contribution in [0.3, 0.4) is 0 Å². The quantitative estimate of drug-likeness (QED) is 0.153. The van der Waals surface area contributed by atoms with Crippen LogP contribution in [0.25, 0.3) is 0 Å². The van der Waals surface area contributed by atoms with Crippen LogP contribution in [0.5, 0.6) is 0 Å². The Morgan fingerprint density at radius 3 is 2.20 bits per heavy atom. The van der Waals surface area contributed by atoms with Crippen LogP contribution in [0.15, 0.2) is 12.2 Å². The summed E-state index contributed by atoms with van der Waals surface area (Å²) in [7, 11) is 0. The zero-order valence-electron chi connectivity index (χ0n) is 33.6. The highest BCUT2D eigenvalue weighted by Crippen LogP contribution is 2.78. The lowest BCUT2D eigenvalue weighted by Gasteiger charge is -2.72. The minimum atomic E-state index is -1.73. The van der Waals surface area contributed by atoms with E-state index in [9.17, 15) is 40.5 Å². The maximum Gasteiger partial charge on any atom is 0.187 e. The fraction of sp³-hybridized carbons (Fsp3) is 0.929. The number of ether oxygens (including phenoxy) is 5. The third kappa shape index (κ3) is 5.37. The molecule has 3 heterocycles. The summed E-state index contributed by atoms with van der Waals surface area (Å²) in [5, 5.41) is 74.8. The molecule has 0 aromatic carbocycles. The molecule has 0 unspecified atom stereocenters. The lowest BCUT2D eigenvalue weighted by molar-refractivity contribution is -0.367. The highest BCUT2D eigenvalue weighted by molar-refractivity contribution is 5.89. The molecule has 0 radical (unpaired) electrons. The van der Waals surface area contributed by atoms with Gasteiger partial charge < -0.3 is 59.4 Å². The Bertz CT molecular complexity index is 1540. The van der Waals surface area contributed by atoms with E-state index < -0.39 is 96.0 Å². The lowest BCUT2D eigenvalue weighted by Crippen LogP contribution is -2.72. The van der Waals surface area contributed by atoms with Gasteiger partial charge in [-0.15, -0.1) is 0 Å². The number of carbonyl (C=O) groups excluding carboxylic acids is 1. The average molecular weight is 779 g/mol. The molecule has 3 aliphatic heterocycles. The number of fused-ring (bicyclic) bond motifs is 4. The minimum absolute atomic E-state index is 0.0190. The topological polar surface area (TPSA) is 205 Å². The summed E-state index contributed by atoms with van der Waals surface area (Å²) >= 11 is 0. The Labute approximate surface area is 324 Å². The van der Waals surface area contributed by atoms with E-state index >= 15 is 0 Å². The number of carbonyl (C=O) groups is 1. The van der Waals surface area contributed by atoms with Gasteiger partial charge in [-0.3, -0.25) is 4.79 Å². The molecule has 8 aliphatic rings. The third-order valence-corrected chi connectivity index (χ3v) is 17.7. The minimum Gasteiger partial charge on any atom is -0.396 e. The number of Topliss-reactive ketones (excluding diaryl/α,β-unsaturated/α-hetero) is 1. The summed E-state index contributed by atoms with van der Waals surface area (Å²) in [4.78, 5) is 14.5. The van der Waals surface area contributed by atoms with E-state index in [1.54, 1.807) is 6.92 Å². The van der Waals surface area contributed by atoms with Crippen LogP contribution in [0, 0.1) is 50.2 Å². The summed E-state index contributed by atoms with van der Waals surface area (Å²) in [5.74, 6) is 0.663. The first-order valence-corrected chi connectivity index (χ1v) is 20.8. The molecule has 7 N–H and O–H groups in total. The summed E-state index contributed by atoms with van der Waals surface area (Å²) in [6.45, 7) is 15.1. The average Bonchev–Trinajstić information content (AvgIpc) is 3.41. The maximum atomic E-state index is 14.5. The predicted molar refractivity (Wildman–Crippen MR) is 196 cm³/mol. The second-order valence-corrected chi connectivity index (χ2v) is 20.8. The number of rotatable bonds is 6. The normalized spacial score (nSPS) is 58.3.